The van der Waals surface area contributed by atoms with Crippen molar-refractivity contribution in [3.63, 3.8) is 0 Å². The van der Waals surface area contributed by atoms with Crippen LogP contribution in [0.2, 0.25) is 0 Å². The van der Waals surface area contributed by atoms with Crippen LogP contribution < -0.4 is 10.5 Å². The zero-order valence-electron chi connectivity index (χ0n) is 11.7. The van der Waals surface area contributed by atoms with Crippen LogP contribution in [0, 0.1) is 0 Å². The Morgan fingerprint density at radius 2 is 2.00 bits per heavy atom. The van der Waals surface area contributed by atoms with Crippen molar-refractivity contribution < 1.29 is 12.6 Å². The Bertz CT molecular complexity index is 773. The van der Waals surface area contributed by atoms with E-state index < -0.39 is 20.8 Å². The van der Waals surface area contributed by atoms with E-state index in [1.165, 1.54) is 0 Å². The van der Waals surface area contributed by atoms with E-state index in [-0.39, 0.29) is 11.4 Å². The second-order valence-corrected chi connectivity index (χ2v) is 8.17. The van der Waals surface area contributed by atoms with E-state index in [9.17, 15) is 12.6 Å². The third-order valence-electron chi connectivity index (χ3n) is 3.10. The maximum atomic E-state index is 12.4. The van der Waals surface area contributed by atoms with Crippen molar-refractivity contribution >= 4 is 37.3 Å². The number of fused-ring (bicyclic) bond motifs is 1. The lowest BCUT2D eigenvalue weighted by atomic mass is 10.1. The van der Waals surface area contributed by atoms with Crippen LogP contribution in [0.5, 0.6) is 0 Å². The molecule has 2 aromatic rings. The summed E-state index contributed by atoms with van der Waals surface area (Å²) in [7, 11) is -4.62. The highest BCUT2D eigenvalue weighted by molar-refractivity contribution is 7.89. The molecule has 0 aliphatic heterocycles. The molecule has 0 bridgehead atoms. The Labute approximate surface area is 127 Å². The van der Waals surface area contributed by atoms with Gasteiger partial charge in [0.2, 0.25) is 10.0 Å². The molecule has 0 aliphatic rings. The monoisotopic (exact) mass is 326 g/mol. The summed E-state index contributed by atoms with van der Waals surface area (Å²) in [6, 6.07) is 10.2. The molecule has 21 heavy (non-hydrogen) atoms. The van der Waals surface area contributed by atoms with Crippen LogP contribution in [0.3, 0.4) is 0 Å². The van der Waals surface area contributed by atoms with Gasteiger partial charge in [-0.2, -0.15) is 0 Å². The summed E-state index contributed by atoms with van der Waals surface area (Å²) in [6.07, 6.45) is 0. The maximum Gasteiger partial charge on any atom is 0.241 e. The topological polar surface area (TPSA) is 89.3 Å². The van der Waals surface area contributed by atoms with Gasteiger partial charge in [0, 0.05) is 39.9 Å². The van der Waals surface area contributed by atoms with E-state index in [2.05, 4.69) is 4.72 Å². The molecule has 114 valence electrons. The minimum atomic E-state index is -3.63. The zero-order valence-corrected chi connectivity index (χ0v) is 13.3. The summed E-state index contributed by atoms with van der Waals surface area (Å²) in [5.41, 5.74) is 6.30. The average Bonchev–Trinajstić information content (AvgIpc) is 2.45. The Kier molecular flexibility index (Phi) is 4.97. The van der Waals surface area contributed by atoms with Crippen molar-refractivity contribution in [3.05, 3.63) is 36.4 Å². The van der Waals surface area contributed by atoms with Crippen molar-refractivity contribution in [1.82, 2.24) is 4.72 Å². The van der Waals surface area contributed by atoms with E-state index >= 15 is 0 Å². The molecule has 2 aromatic carbocycles. The molecule has 7 heteroatoms. The molecule has 0 aromatic heterocycles. The van der Waals surface area contributed by atoms with Crippen molar-refractivity contribution in [2.45, 2.75) is 11.8 Å². The van der Waals surface area contributed by atoms with Crippen LogP contribution in [-0.2, 0) is 20.8 Å². The highest BCUT2D eigenvalue weighted by atomic mass is 32.2. The number of anilines is 1. The van der Waals surface area contributed by atoms with Gasteiger partial charge in [-0.3, -0.25) is 4.21 Å². The summed E-state index contributed by atoms with van der Waals surface area (Å²) in [5, 5.41) is 1.39. The quantitative estimate of drug-likeness (QED) is 0.787. The lowest BCUT2D eigenvalue weighted by molar-refractivity contribution is 0.585. The first kappa shape index (κ1) is 15.9. The predicted octanol–water partition coefficient (Wildman–Crippen LogP) is 1.47. The maximum absolute atomic E-state index is 12.4. The molecule has 0 saturated heterocycles. The fourth-order valence-corrected chi connectivity index (χ4v) is 4.03. The number of nitrogen functional groups attached to an aromatic ring is 1. The largest absolute Gasteiger partial charge is 0.399 e. The summed E-state index contributed by atoms with van der Waals surface area (Å²) >= 11 is 0. The summed E-state index contributed by atoms with van der Waals surface area (Å²) in [5.74, 6) is 0.836. The van der Waals surface area contributed by atoms with Gasteiger partial charge in [0.15, 0.2) is 0 Å². The van der Waals surface area contributed by atoms with Crippen LogP contribution in [0.15, 0.2) is 41.3 Å². The van der Waals surface area contributed by atoms with Gasteiger partial charge < -0.3 is 5.73 Å². The minimum absolute atomic E-state index is 0.161. The smallest absolute Gasteiger partial charge is 0.241 e. The van der Waals surface area contributed by atoms with Gasteiger partial charge >= 0.3 is 0 Å². The van der Waals surface area contributed by atoms with Crippen LogP contribution in [-0.4, -0.2) is 30.7 Å². The zero-order chi connectivity index (χ0) is 15.5. The number of nitrogens with one attached hydrogen (secondary N) is 1. The van der Waals surface area contributed by atoms with Gasteiger partial charge in [-0.15, -0.1) is 0 Å². The van der Waals surface area contributed by atoms with Crippen molar-refractivity contribution in [1.29, 1.82) is 0 Å². The third kappa shape index (κ3) is 3.81. The van der Waals surface area contributed by atoms with Gasteiger partial charge in [-0.1, -0.05) is 25.1 Å². The van der Waals surface area contributed by atoms with Crippen LogP contribution in [0.1, 0.15) is 6.92 Å². The molecule has 0 radical (unpaired) electrons. The van der Waals surface area contributed by atoms with Gasteiger partial charge in [0.05, 0.1) is 4.90 Å². The Morgan fingerprint density at radius 1 is 1.24 bits per heavy atom. The minimum Gasteiger partial charge on any atom is -0.399 e. The molecule has 0 heterocycles. The SMILES string of the molecule is CCS(=O)CCNS(=O)(=O)c1cccc2cc(N)ccc12. The highest BCUT2D eigenvalue weighted by Gasteiger charge is 2.16. The molecule has 0 aliphatic carbocycles. The predicted molar refractivity (Wildman–Crippen MR) is 87.1 cm³/mol. The Hall–Kier alpha value is -1.44. The third-order valence-corrected chi connectivity index (χ3v) is 5.92. The van der Waals surface area contributed by atoms with Crippen LogP contribution in [0.25, 0.3) is 10.8 Å². The molecule has 2 rings (SSSR count). The first-order chi connectivity index (χ1) is 9.94. The second kappa shape index (κ2) is 6.55. The van der Waals surface area contributed by atoms with Crippen LogP contribution >= 0.6 is 0 Å². The van der Waals surface area contributed by atoms with Crippen LogP contribution in [0.4, 0.5) is 5.69 Å². The van der Waals surface area contributed by atoms with Crippen molar-refractivity contribution in [2.24, 2.45) is 0 Å². The molecule has 0 fully saturated rings. The molecular weight excluding hydrogens is 308 g/mol. The molecule has 0 spiro atoms. The second-order valence-electron chi connectivity index (χ2n) is 4.57. The Balaban J connectivity index is 2.30. The number of rotatable bonds is 6. The molecular formula is C14H18N2O3S2. The highest BCUT2D eigenvalue weighted by Crippen LogP contribution is 2.24. The number of hydrogen-bond donors (Lipinski definition) is 2. The molecule has 0 amide bonds. The lowest BCUT2D eigenvalue weighted by Crippen LogP contribution is -2.28. The summed E-state index contributed by atoms with van der Waals surface area (Å²) in [4.78, 5) is 0.210. The number of benzene rings is 2. The molecule has 1 atom stereocenters. The van der Waals surface area contributed by atoms with Gasteiger partial charge in [-0.25, -0.2) is 13.1 Å². The number of nitrogens with two attached hydrogens (primary N) is 1. The van der Waals surface area contributed by atoms with Crippen molar-refractivity contribution in [3.8, 4) is 0 Å². The average molecular weight is 326 g/mol. The lowest BCUT2D eigenvalue weighted by Gasteiger charge is -2.09. The summed E-state index contributed by atoms with van der Waals surface area (Å²) < 4.78 is 38.6. The van der Waals surface area contributed by atoms with Gasteiger partial charge in [0.25, 0.3) is 0 Å². The first-order valence-corrected chi connectivity index (χ1v) is 9.54. The van der Waals surface area contributed by atoms with E-state index in [1.807, 2.05) is 6.07 Å². The molecule has 0 saturated carbocycles. The van der Waals surface area contributed by atoms with Crippen molar-refractivity contribution in [2.75, 3.05) is 23.8 Å². The summed E-state index contributed by atoms with van der Waals surface area (Å²) in [6.45, 7) is 1.97. The standard InChI is InChI=1S/C14H18N2O3S2/c1-2-20(17)9-8-16-21(18,19)14-5-3-4-11-10-12(15)6-7-13(11)14/h3-7,10,16H,2,8-9,15H2,1H3. The van der Waals surface area contributed by atoms with E-state index in [0.29, 0.717) is 22.6 Å². The number of hydrogen-bond acceptors (Lipinski definition) is 4. The Morgan fingerprint density at radius 3 is 2.71 bits per heavy atom. The first-order valence-electron chi connectivity index (χ1n) is 6.57. The molecule has 1 unspecified atom stereocenters. The molecule has 5 nitrogen and oxygen atoms in total. The van der Waals surface area contributed by atoms with E-state index in [0.717, 1.165) is 5.39 Å². The normalized spacial score (nSPS) is 13.4. The molecule has 3 N–H and O–H groups in total. The number of sulfonamides is 1. The van der Waals surface area contributed by atoms with E-state index in [1.54, 1.807) is 37.3 Å². The fourth-order valence-electron chi connectivity index (χ4n) is 2.02. The van der Waals surface area contributed by atoms with E-state index in [4.69, 9.17) is 5.73 Å². The fraction of sp³-hybridized carbons (Fsp3) is 0.286. The van der Waals surface area contributed by atoms with Gasteiger partial charge in [-0.05, 0) is 23.6 Å². The van der Waals surface area contributed by atoms with Gasteiger partial charge in [0.1, 0.15) is 0 Å².